The number of aldehydes is 1. The van der Waals surface area contributed by atoms with Crippen LogP contribution in [0, 0.1) is 5.92 Å². The van der Waals surface area contributed by atoms with Crippen molar-refractivity contribution in [1.82, 2.24) is 10.6 Å². The summed E-state index contributed by atoms with van der Waals surface area (Å²) in [7, 11) is 1.74. The van der Waals surface area contributed by atoms with Crippen molar-refractivity contribution < 1.29 is 9.59 Å². The van der Waals surface area contributed by atoms with Gasteiger partial charge in [0, 0.05) is 0 Å². The fourth-order valence-corrected chi connectivity index (χ4v) is 2.18. The summed E-state index contributed by atoms with van der Waals surface area (Å²) >= 11 is 0. The quantitative estimate of drug-likeness (QED) is 0.684. The van der Waals surface area contributed by atoms with Crippen LogP contribution in [-0.4, -0.2) is 31.3 Å². The zero-order chi connectivity index (χ0) is 12.0. The minimum absolute atomic E-state index is 0.0924. The van der Waals surface area contributed by atoms with Crippen LogP contribution in [0.1, 0.15) is 39.0 Å². The van der Waals surface area contributed by atoms with Crippen molar-refractivity contribution in [2.75, 3.05) is 7.05 Å². The molecule has 0 aromatic carbocycles. The Labute approximate surface area is 97.2 Å². The molecule has 0 saturated heterocycles. The van der Waals surface area contributed by atoms with Gasteiger partial charge in [0.2, 0.25) is 5.91 Å². The largest absolute Gasteiger partial charge is 0.345 e. The van der Waals surface area contributed by atoms with Gasteiger partial charge >= 0.3 is 0 Å². The highest BCUT2D eigenvalue weighted by Crippen LogP contribution is 2.25. The molecule has 0 radical (unpaired) electrons. The van der Waals surface area contributed by atoms with E-state index in [4.69, 9.17) is 0 Å². The number of hydrogen-bond donors (Lipinski definition) is 2. The maximum Gasteiger partial charge on any atom is 0.237 e. The number of carbonyl (C=O) groups is 2. The summed E-state index contributed by atoms with van der Waals surface area (Å²) in [6, 6.07) is -0.547. The van der Waals surface area contributed by atoms with E-state index >= 15 is 0 Å². The van der Waals surface area contributed by atoms with Gasteiger partial charge in [-0.1, -0.05) is 19.3 Å². The minimum atomic E-state index is -0.302. The van der Waals surface area contributed by atoms with Crippen molar-refractivity contribution in [3.8, 4) is 0 Å². The molecule has 0 spiro atoms. The number of amides is 1. The Hall–Kier alpha value is -0.900. The van der Waals surface area contributed by atoms with Gasteiger partial charge in [0.25, 0.3) is 0 Å². The Morgan fingerprint density at radius 2 is 1.94 bits per heavy atom. The Morgan fingerprint density at radius 3 is 2.44 bits per heavy atom. The molecule has 0 unspecified atom stereocenters. The zero-order valence-corrected chi connectivity index (χ0v) is 10.2. The third kappa shape index (κ3) is 3.59. The summed E-state index contributed by atoms with van der Waals surface area (Å²) in [5.41, 5.74) is 0. The van der Waals surface area contributed by atoms with Crippen LogP contribution in [0.2, 0.25) is 0 Å². The number of rotatable bonds is 5. The maximum absolute atomic E-state index is 11.7. The van der Waals surface area contributed by atoms with E-state index in [1.54, 1.807) is 14.0 Å². The molecule has 2 N–H and O–H groups in total. The first-order chi connectivity index (χ1) is 7.69. The molecule has 1 aliphatic rings. The van der Waals surface area contributed by atoms with Crippen molar-refractivity contribution in [2.24, 2.45) is 5.92 Å². The van der Waals surface area contributed by atoms with Crippen LogP contribution in [0.5, 0.6) is 0 Å². The van der Waals surface area contributed by atoms with E-state index < -0.39 is 0 Å². The van der Waals surface area contributed by atoms with Crippen LogP contribution in [0.3, 0.4) is 0 Å². The molecule has 4 nitrogen and oxygen atoms in total. The fourth-order valence-electron chi connectivity index (χ4n) is 2.18. The van der Waals surface area contributed by atoms with E-state index in [2.05, 4.69) is 10.6 Å². The predicted octanol–water partition coefficient (Wildman–Crippen LogP) is 0.858. The maximum atomic E-state index is 11.7. The molecule has 4 heteroatoms. The van der Waals surface area contributed by atoms with Crippen molar-refractivity contribution >= 4 is 12.2 Å². The Morgan fingerprint density at radius 1 is 1.31 bits per heavy atom. The molecule has 1 amide bonds. The molecule has 92 valence electrons. The SMILES string of the molecule is CN[C@@H](C)C(=O)N[C@H](C=O)C1CCCCC1. The third-order valence-corrected chi connectivity index (χ3v) is 3.44. The minimum Gasteiger partial charge on any atom is -0.345 e. The van der Waals surface area contributed by atoms with Gasteiger partial charge < -0.3 is 15.4 Å². The molecule has 0 bridgehead atoms. The van der Waals surface area contributed by atoms with Gasteiger partial charge in [-0.2, -0.15) is 0 Å². The molecule has 1 rings (SSSR count). The van der Waals surface area contributed by atoms with E-state index in [0.717, 1.165) is 19.1 Å². The van der Waals surface area contributed by atoms with Gasteiger partial charge in [-0.3, -0.25) is 4.79 Å². The standard InChI is InChI=1S/C12H22N2O2/c1-9(13-2)12(16)14-11(8-15)10-6-4-3-5-7-10/h8-11,13H,3-7H2,1-2H3,(H,14,16)/t9-,11+/m0/s1. The van der Waals surface area contributed by atoms with Crippen LogP contribution >= 0.6 is 0 Å². The summed E-state index contributed by atoms with van der Waals surface area (Å²) in [6.07, 6.45) is 6.59. The molecule has 1 aliphatic carbocycles. The van der Waals surface area contributed by atoms with Crippen LogP contribution < -0.4 is 10.6 Å². The molecule has 1 fully saturated rings. The van der Waals surface area contributed by atoms with Crippen LogP contribution in [0.25, 0.3) is 0 Å². The zero-order valence-electron chi connectivity index (χ0n) is 10.2. The average Bonchev–Trinajstić information content (AvgIpc) is 2.35. The van der Waals surface area contributed by atoms with Gasteiger partial charge in [0.15, 0.2) is 0 Å². The van der Waals surface area contributed by atoms with Crippen molar-refractivity contribution in [3.63, 3.8) is 0 Å². The van der Waals surface area contributed by atoms with Gasteiger partial charge in [-0.15, -0.1) is 0 Å². The average molecular weight is 226 g/mol. The van der Waals surface area contributed by atoms with Crippen molar-refractivity contribution in [2.45, 2.75) is 51.1 Å². The topological polar surface area (TPSA) is 58.2 Å². The van der Waals surface area contributed by atoms with Crippen molar-refractivity contribution in [3.05, 3.63) is 0 Å². The molecule has 0 aromatic rings. The first kappa shape index (κ1) is 13.2. The number of likely N-dealkylation sites (N-methyl/N-ethyl adjacent to an activating group) is 1. The van der Waals surface area contributed by atoms with Crippen LogP contribution in [0.15, 0.2) is 0 Å². The summed E-state index contributed by atoms with van der Waals surface area (Å²) in [5, 5.41) is 5.69. The second-order valence-corrected chi connectivity index (χ2v) is 4.58. The normalized spacial score (nSPS) is 21.1. The van der Waals surface area contributed by atoms with Gasteiger partial charge in [-0.05, 0) is 32.7 Å². The van der Waals surface area contributed by atoms with E-state index in [1.807, 2.05) is 0 Å². The highest BCUT2D eigenvalue weighted by Gasteiger charge is 2.25. The Bertz CT molecular complexity index is 237. The number of hydrogen-bond acceptors (Lipinski definition) is 3. The molecule has 16 heavy (non-hydrogen) atoms. The lowest BCUT2D eigenvalue weighted by Gasteiger charge is -2.28. The predicted molar refractivity (Wildman–Crippen MR) is 63.1 cm³/mol. The fraction of sp³-hybridized carbons (Fsp3) is 0.833. The second-order valence-electron chi connectivity index (χ2n) is 4.58. The van der Waals surface area contributed by atoms with Gasteiger partial charge in [-0.25, -0.2) is 0 Å². The second kappa shape index (κ2) is 6.63. The van der Waals surface area contributed by atoms with Gasteiger partial charge in [0.1, 0.15) is 6.29 Å². The highest BCUT2D eigenvalue weighted by atomic mass is 16.2. The van der Waals surface area contributed by atoms with Crippen molar-refractivity contribution in [1.29, 1.82) is 0 Å². The summed E-state index contributed by atoms with van der Waals surface area (Å²) in [4.78, 5) is 22.7. The summed E-state index contributed by atoms with van der Waals surface area (Å²) in [6.45, 7) is 1.79. The Balaban J connectivity index is 2.47. The lowest BCUT2D eigenvalue weighted by Crippen LogP contribution is -2.48. The summed E-state index contributed by atoms with van der Waals surface area (Å²) < 4.78 is 0. The number of nitrogens with one attached hydrogen (secondary N) is 2. The third-order valence-electron chi connectivity index (χ3n) is 3.44. The smallest absolute Gasteiger partial charge is 0.237 e. The highest BCUT2D eigenvalue weighted by molar-refractivity contribution is 5.84. The molecular formula is C12H22N2O2. The van der Waals surface area contributed by atoms with Crippen LogP contribution in [0.4, 0.5) is 0 Å². The first-order valence-corrected chi connectivity index (χ1v) is 6.12. The lowest BCUT2D eigenvalue weighted by atomic mass is 9.84. The monoisotopic (exact) mass is 226 g/mol. The summed E-state index contributed by atoms with van der Waals surface area (Å²) in [5.74, 6) is 0.240. The molecule has 1 saturated carbocycles. The first-order valence-electron chi connectivity index (χ1n) is 6.12. The van der Waals surface area contributed by atoms with E-state index in [-0.39, 0.29) is 18.0 Å². The van der Waals surface area contributed by atoms with E-state index in [0.29, 0.717) is 5.92 Å². The van der Waals surface area contributed by atoms with E-state index in [1.165, 1.54) is 19.3 Å². The molecule has 0 aliphatic heterocycles. The molecular weight excluding hydrogens is 204 g/mol. The van der Waals surface area contributed by atoms with Gasteiger partial charge in [0.05, 0.1) is 12.1 Å². The van der Waals surface area contributed by atoms with Crippen LogP contribution in [-0.2, 0) is 9.59 Å². The lowest BCUT2D eigenvalue weighted by molar-refractivity contribution is -0.126. The molecule has 0 heterocycles. The molecule has 0 aromatic heterocycles. The molecule has 2 atom stereocenters. The number of carbonyl (C=O) groups excluding carboxylic acids is 2. The Kier molecular flexibility index (Phi) is 5.46. The van der Waals surface area contributed by atoms with E-state index in [9.17, 15) is 9.59 Å².